The molecule has 0 saturated carbocycles. The van der Waals surface area contributed by atoms with Crippen LogP contribution in [0.25, 0.3) is 0 Å². The number of halogens is 6. The molecule has 0 aromatic carbocycles. The van der Waals surface area contributed by atoms with E-state index in [4.69, 9.17) is 24.5 Å². The second-order valence-electron chi connectivity index (χ2n) is 8.43. The van der Waals surface area contributed by atoms with Crippen molar-refractivity contribution in [2.24, 2.45) is 11.8 Å². The first-order valence-electron chi connectivity index (χ1n) is 10.8. The van der Waals surface area contributed by atoms with Gasteiger partial charge in [0.1, 0.15) is 6.10 Å². The summed E-state index contributed by atoms with van der Waals surface area (Å²) in [5.74, 6) is -4.03. The lowest BCUT2D eigenvalue weighted by molar-refractivity contribution is -0.193. The van der Waals surface area contributed by atoms with Gasteiger partial charge in [0.25, 0.3) is 5.91 Å². The van der Waals surface area contributed by atoms with Crippen molar-refractivity contribution in [3.05, 3.63) is 30.1 Å². The predicted octanol–water partition coefficient (Wildman–Crippen LogP) is 2.42. The van der Waals surface area contributed by atoms with Crippen LogP contribution >= 0.6 is 0 Å². The van der Waals surface area contributed by atoms with Crippen LogP contribution in [0.1, 0.15) is 18.4 Å². The van der Waals surface area contributed by atoms with Gasteiger partial charge in [-0.3, -0.25) is 14.7 Å². The fraction of sp³-hybridized carbons (Fsp3) is 0.619. The molecule has 202 valence electrons. The van der Waals surface area contributed by atoms with Crippen molar-refractivity contribution in [2.75, 3.05) is 32.8 Å². The monoisotopic (exact) mass is 529 g/mol. The van der Waals surface area contributed by atoms with E-state index in [2.05, 4.69) is 16.0 Å². The standard InChI is InChI=1S/C17H23N3O2.2C2HF3O2/c21-17(16-4-2-6-22-16)20-11-14-9-19(10-15(14)12-20)8-13-3-1-5-18-7-13;2*3-2(4,5)1(6)7/h1,3,5,7,14-16H,2,4,6,8-12H2;2*(H,6,7)/t14-,15+,16-;;/m0../s1. The van der Waals surface area contributed by atoms with Crippen molar-refractivity contribution in [3.8, 4) is 0 Å². The molecule has 9 nitrogen and oxygen atoms in total. The number of aromatic nitrogens is 1. The number of pyridine rings is 1. The van der Waals surface area contributed by atoms with Gasteiger partial charge in [-0.25, -0.2) is 9.59 Å². The van der Waals surface area contributed by atoms with E-state index in [0.29, 0.717) is 11.8 Å². The third kappa shape index (κ3) is 8.93. The predicted molar refractivity (Wildman–Crippen MR) is 109 cm³/mol. The highest BCUT2D eigenvalue weighted by Crippen LogP contribution is 2.33. The summed E-state index contributed by atoms with van der Waals surface area (Å²) < 4.78 is 69.0. The Morgan fingerprint density at radius 1 is 0.972 bits per heavy atom. The molecule has 3 aliphatic heterocycles. The number of nitrogens with zero attached hydrogens (tertiary/aromatic N) is 3. The average molecular weight is 529 g/mol. The normalized spacial score (nSPS) is 23.7. The first-order valence-corrected chi connectivity index (χ1v) is 10.8. The maximum absolute atomic E-state index is 12.4. The third-order valence-corrected chi connectivity index (χ3v) is 5.69. The molecule has 3 aliphatic rings. The summed E-state index contributed by atoms with van der Waals surface area (Å²) in [7, 11) is 0. The van der Waals surface area contributed by atoms with Gasteiger partial charge in [-0.1, -0.05) is 6.07 Å². The summed E-state index contributed by atoms with van der Waals surface area (Å²) in [6.07, 6.45) is -4.64. The number of carboxylic acid groups (broad SMARTS) is 2. The number of carbonyl (C=O) groups is 3. The van der Waals surface area contributed by atoms with E-state index in [1.807, 2.05) is 23.4 Å². The van der Waals surface area contributed by atoms with Crippen molar-refractivity contribution in [2.45, 2.75) is 37.8 Å². The van der Waals surface area contributed by atoms with Crippen LogP contribution in [0, 0.1) is 11.8 Å². The molecular formula is C21H25F6N3O6. The lowest BCUT2D eigenvalue weighted by Gasteiger charge is -2.23. The highest BCUT2D eigenvalue weighted by molar-refractivity contribution is 5.81. The van der Waals surface area contributed by atoms with Gasteiger partial charge in [-0.05, 0) is 36.3 Å². The minimum absolute atomic E-state index is 0.162. The summed E-state index contributed by atoms with van der Waals surface area (Å²) in [4.78, 5) is 39.0. The summed E-state index contributed by atoms with van der Waals surface area (Å²) in [5.41, 5.74) is 1.27. The molecule has 0 bridgehead atoms. The Hall–Kier alpha value is -2.94. The molecule has 4 rings (SSSR count). The molecule has 3 fully saturated rings. The molecule has 15 heteroatoms. The van der Waals surface area contributed by atoms with Gasteiger partial charge in [0, 0.05) is 51.7 Å². The summed E-state index contributed by atoms with van der Waals surface area (Å²) in [6.45, 7) is 5.72. The van der Waals surface area contributed by atoms with Gasteiger partial charge in [-0.15, -0.1) is 0 Å². The zero-order chi connectivity index (χ0) is 27.1. The molecule has 2 N–H and O–H groups in total. The molecule has 4 heterocycles. The van der Waals surface area contributed by atoms with Crippen LogP contribution in [0.4, 0.5) is 26.3 Å². The first-order chi connectivity index (χ1) is 16.7. The Kier molecular flexibility index (Phi) is 10.0. The molecule has 36 heavy (non-hydrogen) atoms. The van der Waals surface area contributed by atoms with Gasteiger partial charge >= 0.3 is 24.3 Å². The SMILES string of the molecule is O=C(O)C(F)(F)F.O=C(O)C(F)(F)F.O=C([C@@H]1CCCO1)N1C[C@H]2CN(Cc3cccnc3)C[C@H]2C1. The molecule has 1 amide bonds. The van der Waals surface area contributed by atoms with Gasteiger partial charge in [0.05, 0.1) is 0 Å². The topological polar surface area (TPSA) is 120 Å². The third-order valence-electron chi connectivity index (χ3n) is 5.69. The number of aliphatic carboxylic acids is 2. The molecule has 0 unspecified atom stereocenters. The number of likely N-dealkylation sites (tertiary alicyclic amines) is 2. The van der Waals surface area contributed by atoms with Crippen molar-refractivity contribution in [3.63, 3.8) is 0 Å². The number of ether oxygens (including phenoxy) is 1. The van der Waals surface area contributed by atoms with Crippen molar-refractivity contribution >= 4 is 17.8 Å². The minimum atomic E-state index is -5.08. The smallest absolute Gasteiger partial charge is 0.475 e. The number of rotatable bonds is 3. The number of hydrogen-bond acceptors (Lipinski definition) is 6. The van der Waals surface area contributed by atoms with Crippen LogP contribution in [0.5, 0.6) is 0 Å². The highest BCUT2D eigenvalue weighted by Gasteiger charge is 2.43. The number of alkyl halides is 6. The molecule has 3 saturated heterocycles. The number of amides is 1. The van der Waals surface area contributed by atoms with Crippen molar-refractivity contribution in [1.82, 2.24) is 14.8 Å². The number of carboxylic acids is 2. The largest absolute Gasteiger partial charge is 0.490 e. The van der Waals surface area contributed by atoms with Crippen molar-refractivity contribution < 1.29 is 55.7 Å². The number of hydrogen-bond donors (Lipinski definition) is 2. The lowest BCUT2D eigenvalue weighted by atomic mass is 10.0. The van der Waals surface area contributed by atoms with Crippen LogP contribution in [-0.4, -0.2) is 94.1 Å². The van der Waals surface area contributed by atoms with Gasteiger partial charge in [-0.2, -0.15) is 26.3 Å². The van der Waals surface area contributed by atoms with E-state index in [9.17, 15) is 31.1 Å². The molecular weight excluding hydrogens is 504 g/mol. The van der Waals surface area contributed by atoms with E-state index < -0.39 is 24.3 Å². The maximum Gasteiger partial charge on any atom is 0.490 e. The van der Waals surface area contributed by atoms with Crippen LogP contribution in [0.2, 0.25) is 0 Å². The minimum Gasteiger partial charge on any atom is -0.475 e. The molecule has 3 atom stereocenters. The first kappa shape index (κ1) is 29.3. The van der Waals surface area contributed by atoms with Crippen LogP contribution in [0.3, 0.4) is 0 Å². The van der Waals surface area contributed by atoms with Gasteiger partial charge in [0.15, 0.2) is 0 Å². The quantitative estimate of drug-likeness (QED) is 0.573. The van der Waals surface area contributed by atoms with E-state index in [0.717, 1.165) is 52.2 Å². The van der Waals surface area contributed by atoms with E-state index in [-0.39, 0.29) is 12.0 Å². The van der Waals surface area contributed by atoms with Gasteiger partial charge in [0.2, 0.25) is 0 Å². The zero-order valence-corrected chi connectivity index (χ0v) is 18.8. The molecule has 1 aromatic rings. The van der Waals surface area contributed by atoms with Crippen LogP contribution in [-0.2, 0) is 25.7 Å². The molecule has 0 aliphatic carbocycles. The van der Waals surface area contributed by atoms with Gasteiger partial charge < -0.3 is 19.8 Å². The maximum atomic E-state index is 12.4. The summed E-state index contributed by atoms with van der Waals surface area (Å²) in [5, 5.41) is 14.2. The molecule has 0 spiro atoms. The second-order valence-corrected chi connectivity index (χ2v) is 8.43. The summed E-state index contributed by atoms with van der Waals surface area (Å²) in [6, 6.07) is 4.13. The number of fused-ring (bicyclic) bond motifs is 1. The molecule has 1 aromatic heterocycles. The fourth-order valence-corrected chi connectivity index (χ4v) is 4.13. The Labute approximate surface area is 201 Å². The van der Waals surface area contributed by atoms with E-state index in [1.54, 1.807) is 0 Å². The fourth-order valence-electron chi connectivity index (χ4n) is 4.13. The number of carbonyl (C=O) groups excluding carboxylic acids is 1. The Morgan fingerprint density at radius 2 is 1.50 bits per heavy atom. The Bertz CT molecular complexity index is 854. The van der Waals surface area contributed by atoms with E-state index in [1.165, 1.54) is 5.56 Å². The Morgan fingerprint density at radius 3 is 1.89 bits per heavy atom. The van der Waals surface area contributed by atoms with E-state index >= 15 is 0 Å². The Balaban J connectivity index is 0.000000271. The van der Waals surface area contributed by atoms with Crippen LogP contribution in [0.15, 0.2) is 24.5 Å². The van der Waals surface area contributed by atoms with Crippen LogP contribution < -0.4 is 0 Å². The van der Waals surface area contributed by atoms with Crippen molar-refractivity contribution in [1.29, 1.82) is 0 Å². The average Bonchev–Trinajstić information content (AvgIpc) is 3.50. The molecule has 0 radical (unpaired) electrons. The zero-order valence-electron chi connectivity index (χ0n) is 18.8. The second kappa shape index (κ2) is 12.3. The lowest BCUT2D eigenvalue weighted by Crippen LogP contribution is -2.39. The highest BCUT2D eigenvalue weighted by atomic mass is 19.4. The summed E-state index contributed by atoms with van der Waals surface area (Å²) >= 11 is 0.